The smallest absolute Gasteiger partial charge is 0.408 e. The fourth-order valence-electron chi connectivity index (χ4n) is 3.30. The Morgan fingerprint density at radius 2 is 1.97 bits per heavy atom. The Kier molecular flexibility index (Phi) is 11.4. The zero-order valence-corrected chi connectivity index (χ0v) is 18.8. The lowest BCUT2D eigenvalue weighted by Gasteiger charge is -2.29. The number of carbonyl (C=O) groups excluding carboxylic acids is 2. The first kappa shape index (κ1) is 26.0. The van der Waals surface area contributed by atoms with Gasteiger partial charge in [-0.3, -0.25) is 4.79 Å². The van der Waals surface area contributed by atoms with Crippen molar-refractivity contribution >= 4 is 12.0 Å². The molecule has 1 fully saturated rings. The highest BCUT2D eigenvalue weighted by Gasteiger charge is 2.29. The van der Waals surface area contributed by atoms with E-state index in [0.29, 0.717) is 19.4 Å². The largest absolute Gasteiger partial charge is 0.445 e. The first-order valence-electron chi connectivity index (χ1n) is 11.1. The van der Waals surface area contributed by atoms with E-state index in [2.05, 4.69) is 10.6 Å². The molecule has 0 aliphatic carbocycles. The number of hydrogen-bond acceptors (Lipinski definition) is 6. The summed E-state index contributed by atoms with van der Waals surface area (Å²) >= 11 is 0. The minimum absolute atomic E-state index is 0.0705. The van der Waals surface area contributed by atoms with Gasteiger partial charge in [-0.25, -0.2) is 9.18 Å². The Labute approximate surface area is 188 Å². The average Bonchev–Trinajstić information content (AvgIpc) is 2.80. The summed E-state index contributed by atoms with van der Waals surface area (Å²) in [4.78, 5) is 25.1. The van der Waals surface area contributed by atoms with Gasteiger partial charge in [-0.15, -0.1) is 0 Å². The molecule has 32 heavy (non-hydrogen) atoms. The van der Waals surface area contributed by atoms with Gasteiger partial charge in [0.25, 0.3) is 0 Å². The van der Waals surface area contributed by atoms with Gasteiger partial charge in [0.15, 0.2) is 6.29 Å². The number of alkyl halides is 1. The normalized spacial score (nSPS) is 19.1. The lowest BCUT2D eigenvalue weighted by molar-refractivity contribution is -0.171. The molecule has 2 rings (SSSR count). The Hall–Kier alpha value is -2.23. The summed E-state index contributed by atoms with van der Waals surface area (Å²) in [5, 5.41) is 15.2. The zero-order chi connectivity index (χ0) is 23.3. The lowest BCUT2D eigenvalue weighted by Crippen LogP contribution is -2.55. The van der Waals surface area contributed by atoms with Crippen LogP contribution in [0, 0.1) is 5.92 Å². The van der Waals surface area contributed by atoms with Crippen LogP contribution in [0.4, 0.5) is 9.18 Å². The predicted molar refractivity (Wildman–Crippen MR) is 116 cm³/mol. The molecule has 2 amide bonds. The number of nitrogens with one attached hydrogen (secondary N) is 2. The lowest BCUT2D eigenvalue weighted by atomic mass is 10.0. The third-order valence-electron chi connectivity index (χ3n) is 5.08. The molecule has 9 heteroatoms. The molecule has 0 aromatic heterocycles. The summed E-state index contributed by atoms with van der Waals surface area (Å²) in [5.41, 5.74) is 0.820. The fourth-order valence-corrected chi connectivity index (χ4v) is 3.30. The third-order valence-corrected chi connectivity index (χ3v) is 5.08. The van der Waals surface area contributed by atoms with Crippen molar-refractivity contribution in [3.63, 3.8) is 0 Å². The van der Waals surface area contributed by atoms with Gasteiger partial charge in [-0.1, -0.05) is 44.2 Å². The minimum Gasteiger partial charge on any atom is -0.445 e. The van der Waals surface area contributed by atoms with Gasteiger partial charge >= 0.3 is 6.09 Å². The standard InChI is InChI=1S/C23H35FN2O6/c1-16(2)12-18(26-23(29)32-14-17-8-4-3-5-9-17)22(28)25-19(20(27)13-24)15-31-21-10-6-7-11-30-21/h3-5,8-9,16,18-21,27H,6-7,10-15H2,1-2H3,(H,25,28)(H,26,29)/t18-,19?,20?,21?/m0/s1. The van der Waals surface area contributed by atoms with Crippen LogP contribution < -0.4 is 10.6 Å². The van der Waals surface area contributed by atoms with Crippen molar-refractivity contribution in [3.05, 3.63) is 35.9 Å². The molecule has 1 aromatic rings. The predicted octanol–water partition coefficient (Wildman–Crippen LogP) is 2.69. The number of benzene rings is 1. The molecule has 3 N–H and O–H groups in total. The van der Waals surface area contributed by atoms with E-state index in [9.17, 15) is 19.1 Å². The van der Waals surface area contributed by atoms with E-state index in [-0.39, 0.29) is 19.1 Å². The molecule has 4 atom stereocenters. The van der Waals surface area contributed by atoms with Crippen molar-refractivity contribution in [2.45, 2.75) is 70.6 Å². The minimum atomic E-state index is -1.44. The van der Waals surface area contributed by atoms with Gasteiger partial charge in [0.2, 0.25) is 5.91 Å². The van der Waals surface area contributed by atoms with Crippen molar-refractivity contribution < 1.29 is 33.3 Å². The number of carbonyl (C=O) groups is 2. The average molecular weight is 455 g/mol. The summed E-state index contributed by atoms with van der Waals surface area (Å²) < 4.78 is 29.5. The van der Waals surface area contributed by atoms with Crippen molar-refractivity contribution in [2.75, 3.05) is 19.9 Å². The number of amides is 2. The maximum Gasteiger partial charge on any atom is 0.408 e. The summed E-state index contributed by atoms with van der Waals surface area (Å²) in [6.45, 7) is 3.33. The highest BCUT2D eigenvalue weighted by Crippen LogP contribution is 2.15. The Bertz CT molecular complexity index is 684. The van der Waals surface area contributed by atoms with Crippen LogP contribution >= 0.6 is 0 Å². The van der Waals surface area contributed by atoms with Crippen LogP contribution in [-0.4, -0.2) is 61.5 Å². The fraction of sp³-hybridized carbons (Fsp3) is 0.652. The maximum absolute atomic E-state index is 13.2. The van der Waals surface area contributed by atoms with E-state index in [0.717, 1.165) is 18.4 Å². The van der Waals surface area contributed by atoms with Gasteiger partial charge in [0.1, 0.15) is 25.4 Å². The van der Waals surface area contributed by atoms with Crippen LogP contribution in [0.25, 0.3) is 0 Å². The molecule has 1 aromatic carbocycles. The molecule has 0 saturated carbocycles. The summed E-state index contributed by atoms with van der Waals surface area (Å²) in [5.74, 6) is -0.447. The number of halogens is 1. The van der Waals surface area contributed by atoms with Gasteiger partial charge < -0.3 is 30.0 Å². The molecule has 1 aliphatic heterocycles. The second kappa shape index (κ2) is 14.0. The third kappa shape index (κ3) is 9.50. The Morgan fingerprint density at radius 1 is 1.22 bits per heavy atom. The molecule has 0 bridgehead atoms. The summed E-state index contributed by atoms with van der Waals surface area (Å²) in [7, 11) is 0. The van der Waals surface area contributed by atoms with Crippen LogP contribution in [0.5, 0.6) is 0 Å². The number of rotatable bonds is 12. The number of aliphatic hydroxyl groups excluding tert-OH is 1. The van der Waals surface area contributed by atoms with E-state index in [1.165, 1.54) is 0 Å². The van der Waals surface area contributed by atoms with Gasteiger partial charge in [0, 0.05) is 6.61 Å². The van der Waals surface area contributed by atoms with Crippen molar-refractivity contribution in [2.24, 2.45) is 5.92 Å². The van der Waals surface area contributed by atoms with Crippen LogP contribution in [0.2, 0.25) is 0 Å². The van der Waals surface area contributed by atoms with E-state index >= 15 is 0 Å². The molecule has 8 nitrogen and oxygen atoms in total. The molecule has 1 aliphatic rings. The Balaban J connectivity index is 1.92. The maximum atomic E-state index is 13.2. The van der Waals surface area contributed by atoms with E-state index < -0.39 is 43.2 Å². The summed E-state index contributed by atoms with van der Waals surface area (Å²) in [6.07, 6.45) is 0.354. The quantitative estimate of drug-likeness (QED) is 0.448. The number of ether oxygens (including phenoxy) is 3. The monoisotopic (exact) mass is 454 g/mol. The molecule has 0 spiro atoms. The first-order chi connectivity index (χ1) is 15.4. The second-order valence-corrected chi connectivity index (χ2v) is 8.35. The van der Waals surface area contributed by atoms with E-state index in [4.69, 9.17) is 14.2 Å². The molecule has 1 heterocycles. The molecule has 0 radical (unpaired) electrons. The Morgan fingerprint density at radius 3 is 2.59 bits per heavy atom. The van der Waals surface area contributed by atoms with Crippen molar-refractivity contribution in [1.82, 2.24) is 10.6 Å². The number of aliphatic hydroxyl groups is 1. The van der Waals surface area contributed by atoms with Gasteiger partial charge in [-0.05, 0) is 37.2 Å². The molecule has 180 valence electrons. The van der Waals surface area contributed by atoms with Crippen LogP contribution in [0.1, 0.15) is 45.1 Å². The van der Waals surface area contributed by atoms with Crippen LogP contribution in [-0.2, 0) is 25.6 Å². The summed E-state index contributed by atoms with van der Waals surface area (Å²) in [6, 6.07) is 7.30. The topological polar surface area (TPSA) is 106 Å². The van der Waals surface area contributed by atoms with E-state index in [1.807, 2.05) is 44.2 Å². The van der Waals surface area contributed by atoms with Gasteiger partial charge in [0.05, 0.1) is 12.6 Å². The van der Waals surface area contributed by atoms with Gasteiger partial charge in [-0.2, -0.15) is 0 Å². The number of alkyl carbamates (subject to hydrolysis) is 1. The van der Waals surface area contributed by atoms with Crippen LogP contribution in [0.15, 0.2) is 30.3 Å². The SMILES string of the molecule is CC(C)C[C@H](NC(=O)OCc1ccccc1)C(=O)NC(COC1CCCCO1)C(O)CF. The molecular weight excluding hydrogens is 419 g/mol. The molecular formula is C23H35FN2O6. The highest BCUT2D eigenvalue weighted by molar-refractivity contribution is 5.85. The second-order valence-electron chi connectivity index (χ2n) is 8.35. The zero-order valence-electron chi connectivity index (χ0n) is 18.8. The van der Waals surface area contributed by atoms with Crippen molar-refractivity contribution in [3.8, 4) is 0 Å². The first-order valence-corrected chi connectivity index (χ1v) is 11.1. The van der Waals surface area contributed by atoms with Crippen LogP contribution in [0.3, 0.4) is 0 Å². The molecule has 3 unspecified atom stereocenters. The molecule has 1 saturated heterocycles. The van der Waals surface area contributed by atoms with E-state index in [1.54, 1.807) is 0 Å². The highest BCUT2D eigenvalue weighted by atomic mass is 19.1. The van der Waals surface area contributed by atoms with Crippen molar-refractivity contribution in [1.29, 1.82) is 0 Å². The number of hydrogen-bond donors (Lipinski definition) is 3.